The highest BCUT2D eigenvalue weighted by Crippen LogP contribution is 2.16. The molecule has 0 radical (unpaired) electrons. The highest BCUT2D eigenvalue weighted by atomic mass is 32.2. The summed E-state index contributed by atoms with van der Waals surface area (Å²) in [5, 5.41) is 8.36. The molecule has 1 rings (SSSR count). The maximum absolute atomic E-state index is 11.3. The average Bonchev–Trinajstić information content (AvgIpc) is 2.27. The molecule has 100 valence electrons. The zero-order valence-corrected chi connectivity index (χ0v) is 10.0. The minimum atomic E-state index is -6.00. The Kier molecular flexibility index (Phi) is 5.77. The summed E-state index contributed by atoms with van der Waals surface area (Å²) >= 11 is 0. The van der Waals surface area contributed by atoms with Crippen LogP contribution < -0.4 is 0 Å². The minimum absolute atomic E-state index is 0.0720. The molecule has 18 heavy (non-hydrogen) atoms. The molecule has 0 unspecified atom stereocenters. The van der Waals surface area contributed by atoms with Gasteiger partial charge in [0, 0.05) is 12.1 Å². The van der Waals surface area contributed by atoms with Crippen molar-refractivity contribution < 1.29 is 25.7 Å². The van der Waals surface area contributed by atoms with Gasteiger partial charge in [-0.2, -0.15) is 0 Å². The smallest absolute Gasteiger partial charge is 0.418 e. The molecule has 1 aromatic carbocycles. The van der Waals surface area contributed by atoms with Crippen molar-refractivity contribution in [3.8, 4) is 0 Å². The quantitative estimate of drug-likeness (QED) is 0.475. The summed E-state index contributed by atoms with van der Waals surface area (Å²) in [6.45, 7) is 1.58. The van der Waals surface area contributed by atoms with E-state index in [1.54, 1.807) is 6.92 Å². The third-order valence-electron chi connectivity index (χ3n) is 1.69. The molecule has 0 aliphatic heterocycles. The summed E-state index contributed by atoms with van der Waals surface area (Å²) in [7, 11) is -9.15. The van der Waals surface area contributed by atoms with E-state index in [1.165, 1.54) is 24.3 Å². The Morgan fingerprint density at radius 3 is 1.83 bits per heavy atom. The number of halogens is 4. The maximum Gasteiger partial charge on any atom is 0.673 e. The molecular formula is C8H9BF4N2O2S. The van der Waals surface area contributed by atoms with E-state index in [1.807, 2.05) is 0 Å². The molecule has 1 aromatic rings. The van der Waals surface area contributed by atoms with E-state index in [-0.39, 0.29) is 10.6 Å². The van der Waals surface area contributed by atoms with E-state index in [0.717, 1.165) is 0 Å². The van der Waals surface area contributed by atoms with Crippen molar-refractivity contribution in [2.75, 3.05) is 5.75 Å². The van der Waals surface area contributed by atoms with Crippen LogP contribution in [0.2, 0.25) is 0 Å². The molecule has 0 saturated heterocycles. The number of hydrogen-bond donors (Lipinski definition) is 0. The molecule has 0 aliphatic carbocycles. The lowest BCUT2D eigenvalue weighted by Crippen LogP contribution is -2.02. The lowest BCUT2D eigenvalue weighted by Gasteiger charge is -1.97. The van der Waals surface area contributed by atoms with Gasteiger partial charge < -0.3 is 17.3 Å². The van der Waals surface area contributed by atoms with Gasteiger partial charge >= 0.3 is 12.9 Å². The number of sulfone groups is 1. The second-order valence-electron chi connectivity index (χ2n) is 2.99. The average molecular weight is 284 g/mol. The Morgan fingerprint density at radius 2 is 1.56 bits per heavy atom. The van der Waals surface area contributed by atoms with Crippen molar-refractivity contribution in [2.24, 2.45) is 0 Å². The SMILES string of the molecule is CCS(=O)(=O)c1ccc([N+]#N)cc1.F[B-](F)(F)F. The lowest BCUT2D eigenvalue weighted by atomic mass is 10.3. The van der Waals surface area contributed by atoms with Gasteiger partial charge in [-0.3, -0.25) is 0 Å². The molecule has 0 amide bonds. The molecule has 0 bridgehead atoms. The predicted molar refractivity (Wildman–Crippen MR) is 59.1 cm³/mol. The van der Waals surface area contributed by atoms with Crippen molar-refractivity contribution in [1.82, 2.24) is 0 Å². The first-order chi connectivity index (χ1) is 8.10. The summed E-state index contributed by atoms with van der Waals surface area (Å²) in [6.07, 6.45) is 0. The summed E-state index contributed by atoms with van der Waals surface area (Å²) < 4.78 is 61.6. The third kappa shape index (κ3) is 6.85. The van der Waals surface area contributed by atoms with E-state index in [0.29, 0.717) is 5.69 Å². The number of diazo groups is 1. The fourth-order valence-electron chi connectivity index (χ4n) is 0.887. The van der Waals surface area contributed by atoms with Crippen LogP contribution in [0.5, 0.6) is 0 Å². The Hall–Kier alpha value is -1.63. The zero-order valence-electron chi connectivity index (χ0n) is 9.22. The molecule has 0 aromatic heterocycles. The number of hydrogen-bond acceptors (Lipinski definition) is 3. The summed E-state index contributed by atoms with van der Waals surface area (Å²) in [6, 6.07) is 5.74. The van der Waals surface area contributed by atoms with Gasteiger partial charge in [-0.05, 0) is 12.1 Å². The number of rotatable bonds is 2. The number of nitrogens with zero attached hydrogens (tertiary/aromatic N) is 2. The van der Waals surface area contributed by atoms with Crippen molar-refractivity contribution >= 4 is 22.8 Å². The molecule has 0 heterocycles. The van der Waals surface area contributed by atoms with Crippen LogP contribution in [0, 0.1) is 5.39 Å². The third-order valence-corrected chi connectivity index (χ3v) is 3.44. The van der Waals surface area contributed by atoms with E-state index < -0.39 is 17.1 Å². The van der Waals surface area contributed by atoms with Crippen LogP contribution in [0.25, 0.3) is 4.98 Å². The highest BCUT2D eigenvalue weighted by molar-refractivity contribution is 7.91. The largest absolute Gasteiger partial charge is 0.673 e. The first-order valence-corrected chi connectivity index (χ1v) is 6.30. The van der Waals surface area contributed by atoms with Gasteiger partial charge in [-0.1, -0.05) is 6.92 Å². The molecule has 0 saturated carbocycles. The van der Waals surface area contributed by atoms with Crippen molar-refractivity contribution in [3.63, 3.8) is 0 Å². The van der Waals surface area contributed by atoms with Crippen molar-refractivity contribution in [3.05, 3.63) is 29.2 Å². The molecule has 0 N–H and O–H groups in total. The molecule has 0 atom stereocenters. The standard InChI is InChI=1S/C8H9N2O2S.BF4/c1-2-13(11,12)8-5-3-7(10-9)4-6-8;2-1(3,4)5/h3-6H,2H2,1H3;/q+1;-1. The van der Waals surface area contributed by atoms with E-state index >= 15 is 0 Å². The predicted octanol–water partition coefficient (Wildman–Crippen LogP) is 3.26. The minimum Gasteiger partial charge on any atom is -0.418 e. The van der Waals surface area contributed by atoms with Gasteiger partial charge in [-0.25, -0.2) is 8.42 Å². The molecule has 0 spiro atoms. The summed E-state index contributed by atoms with van der Waals surface area (Å²) in [4.78, 5) is 3.18. The molecule has 10 heteroatoms. The second-order valence-corrected chi connectivity index (χ2v) is 5.27. The van der Waals surface area contributed by atoms with E-state index in [2.05, 4.69) is 4.98 Å². The van der Waals surface area contributed by atoms with Gasteiger partial charge in [0.15, 0.2) is 14.8 Å². The van der Waals surface area contributed by atoms with Crippen LogP contribution >= 0.6 is 0 Å². The summed E-state index contributed by atoms with van der Waals surface area (Å²) in [5.41, 5.74) is 0.343. The normalized spacial score (nSPS) is 11.1. The van der Waals surface area contributed by atoms with Crippen LogP contribution in [0.4, 0.5) is 23.0 Å². The van der Waals surface area contributed by atoms with Crippen LogP contribution in [-0.4, -0.2) is 21.4 Å². The number of benzene rings is 1. The second kappa shape index (κ2) is 6.35. The van der Waals surface area contributed by atoms with Gasteiger partial charge in [0.25, 0.3) is 0 Å². The van der Waals surface area contributed by atoms with Crippen LogP contribution in [0.15, 0.2) is 29.2 Å². The van der Waals surface area contributed by atoms with Crippen LogP contribution in [0.3, 0.4) is 0 Å². The Morgan fingerprint density at radius 1 is 1.17 bits per heavy atom. The molecule has 4 nitrogen and oxygen atoms in total. The molecule has 0 fully saturated rings. The Balaban J connectivity index is 0.000000494. The molecule has 0 aliphatic rings. The van der Waals surface area contributed by atoms with Crippen LogP contribution in [0.1, 0.15) is 6.92 Å². The lowest BCUT2D eigenvalue weighted by molar-refractivity contribution is 0.368. The zero-order chi connectivity index (χ0) is 14.4. The fourth-order valence-corrected chi connectivity index (χ4v) is 1.77. The van der Waals surface area contributed by atoms with Gasteiger partial charge in [0.1, 0.15) is 0 Å². The van der Waals surface area contributed by atoms with Gasteiger partial charge in [0.05, 0.1) is 10.6 Å². The van der Waals surface area contributed by atoms with Crippen LogP contribution in [-0.2, 0) is 9.84 Å². The van der Waals surface area contributed by atoms with Gasteiger partial charge in [0.2, 0.25) is 5.39 Å². The Bertz CT molecular complexity index is 516. The summed E-state index contributed by atoms with van der Waals surface area (Å²) in [5.74, 6) is 0.0720. The first kappa shape index (κ1) is 16.4. The monoisotopic (exact) mass is 284 g/mol. The van der Waals surface area contributed by atoms with Crippen molar-refractivity contribution in [2.45, 2.75) is 11.8 Å². The van der Waals surface area contributed by atoms with Crippen molar-refractivity contribution in [1.29, 1.82) is 5.39 Å². The maximum atomic E-state index is 11.3. The van der Waals surface area contributed by atoms with E-state index in [4.69, 9.17) is 5.39 Å². The topological polar surface area (TPSA) is 62.3 Å². The first-order valence-electron chi connectivity index (χ1n) is 4.65. The molecular weight excluding hydrogens is 275 g/mol. The van der Waals surface area contributed by atoms with Gasteiger partial charge in [-0.15, -0.1) is 0 Å². The Labute approximate surface area is 101 Å². The fraction of sp³-hybridized carbons (Fsp3) is 0.250. The highest BCUT2D eigenvalue weighted by Gasteiger charge is 2.20. The van der Waals surface area contributed by atoms with E-state index in [9.17, 15) is 25.7 Å².